The van der Waals surface area contributed by atoms with Crippen molar-refractivity contribution in [3.8, 4) is 0 Å². The van der Waals surface area contributed by atoms with Gasteiger partial charge in [0.05, 0.1) is 17.0 Å². The van der Waals surface area contributed by atoms with E-state index in [2.05, 4.69) is 10.0 Å². The summed E-state index contributed by atoms with van der Waals surface area (Å²) in [4.78, 5) is 11.2. The number of nitrogens with one attached hydrogen (secondary N) is 2. The molecule has 9 heteroatoms. The van der Waals surface area contributed by atoms with Crippen LogP contribution in [0.15, 0.2) is 23.1 Å². The van der Waals surface area contributed by atoms with Crippen LogP contribution in [0.5, 0.6) is 0 Å². The minimum atomic E-state index is -3.82. The minimum Gasteiger partial charge on any atom is -0.383 e. The Morgan fingerprint density at radius 1 is 1.48 bits per heavy atom. The number of benzene rings is 1. The Kier molecular flexibility index (Phi) is 5.64. The van der Waals surface area contributed by atoms with Gasteiger partial charge in [0, 0.05) is 24.2 Å². The highest BCUT2D eigenvalue weighted by Gasteiger charge is 2.34. The maximum absolute atomic E-state index is 12.5. The van der Waals surface area contributed by atoms with Gasteiger partial charge >= 0.3 is 0 Å². The maximum Gasteiger partial charge on any atom is 0.248 e. The average molecular weight is 362 g/mol. The monoisotopic (exact) mass is 361 g/mol. The molecule has 1 aliphatic heterocycles. The van der Waals surface area contributed by atoms with Gasteiger partial charge in [-0.05, 0) is 37.6 Å². The number of methoxy groups -OCH3 is 1. The van der Waals surface area contributed by atoms with Gasteiger partial charge in [-0.25, -0.2) is 13.1 Å². The summed E-state index contributed by atoms with van der Waals surface area (Å²) in [7, 11) is -2.24. The van der Waals surface area contributed by atoms with E-state index in [9.17, 15) is 13.2 Å². The zero-order chi connectivity index (χ0) is 17.1. The van der Waals surface area contributed by atoms with E-state index in [1.54, 1.807) is 7.11 Å². The summed E-state index contributed by atoms with van der Waals surface area (Å²) in [6.45, 7) is 1.40. The Labute approximate surface area is 140 Å². The number of rotatable bonds is 7. The molecule has 0 bridgehead atoms. The SMILES string of the molecule is COCC1(CNS(=O)(=O)c2cc(Cl)cc(C(N)=O)c2)CCCN1. The van der Waals surface area contributed by atoms with Gasteiger partial charge in [0.25, 0.3) is 0 Å². The maximum atomic E-state index is 12.5. The van der Waals surface area contributed by atoms with Gasteiger partial charge in [-0.2, -0.15) is 0 Å². The molecule has 1 atom stereocenters. The number of hydrogen-bond acceptors (Lipinski definition) is 5. The standard InChI is InChI=1S/C14H20ClN3O4S/c1-22-9-14(3-2-4-17-14)8-18-23(20,21)12-6-10(13(16)19)5-11(15)7-12/h5-7,17-18H,2-4,8-9H2,1H3,(H2,16,19). The van der Waals surface area contributed by atoms with E-state index in [1.165, 1.54) is 18.2 Å². The third-order valence-electron chi connectivity index (χ3n) is 3.82. The molecule has 1 amide bonds. The van der Waals surface area contributed by atoms with Crippen molar-refractivity contribution in [2.45, 2.75) is 23.3 Å². The lowest BCUT2D eigenvalue weighted by Crippen LogP contribution is -2.52. The average Bonchev–Trinajstić information content (AvgIpc) is 2.94. The highest BCUT2D eigenvalue weighted by molar-refractivity contribution is 7.89. The van der Waals surface area contributed by atoms with Crippen molar-refractivity contribution < 1.29 is 17.9 Å². The molecule has 0 spiro atoms. The van der Waals surface area contributed by atoms with Gasteiger partial charge < -0.3 is 15.8 Å². The molecule has 0 aliphatic carbocycles. The summed E-state index contributed by atoms with van der Waals surface area (Å²) >= 11 is 5.87. The molecule has 1 heterocycles. The normalized spacial score (nSPS) is 21.5. The fourth-order valence-electron chi connectivity index (χ4n) is 2.65. The number of ether oxygens (including phenoxy) is 1. The summed E-state index contributed by atoms with van der Waals surface area (Å²) in [6.07, 6.45) is 1.76. The molecule has 23 heavy (non-hydrogen) atoms. The number of halogens is 1. The molecule has 4 N–H and O–H groups in total. The van der Waals surface area contributed by atoms with Crippen molar-refractivity contribution in [1.82, 2.24) is 10.0 Å². The third kappa shape index (κ3) is 4.42. The van der Waals surface area contributed by atoms with E-state index in [-0.39, 0.29) is 22.0 Å². The van der Waals surface area contributed by atoms with Gasteiger partial charge in [-0.3, -0.25) is 4.79 Å². The molecule has 1 aliphatic rings. The zero-order valence-electron chi connectivity index (χ0n) is 12.8. The molecule has 128 valence electrons. The summed E-state index contributed by atoms with van der Waals surface area (Å²) in [5, 5.41) is 3.42. The molecule has 1 aromatic carbocycles. The lowest BCUT2D eigenvalue weighted by molar-refractivity contribution is 0.1000. The van der Waals surface area contributed by atoms with Crippen molar-refractivity contribution in [3.63, 3.8) is 0 Å². The fraction of sp³-hybridized carbons (Fsp3) is 0.500. The highest BCUT2D eigenvalue weighted by Crippen LogP contribution is 2.22. The smallest absolute Gasteiger partial charge is 0.248 e. The third-order valence-corrected chi connectivity index (χ3v) is 5.42. The van der Waals surface area contributed by atoms with Gasteiger partial charge in [-0.15, -0.1) is 0 Å². The quantitative estimate of drug-likeness (QED) is 0.654. The molecule has 1 aromatic rings. The highest BCUT2D eigenvalue weighted by atomic mass is 35.5. The summed E-state index contributed by atoms with van der Waals surface area (Å²) in [6, 6.07) is 3.82. The van der Waals surface area contributed by atoms with Gasteiger partial charge in [0.15, 0.2) is 0 Å². The van der Waals surface area contributed by atoms with Crippen LogP contribution in [-0.2, 0) is 14.8 Å². The second-order valence-corrected chi connectivity index (χ2v) is 7.81. The van der Waals surface area contributed by atoms with Crippen LogP contribution in [0, 0.1) is 0 Å². The van der Waals surface area contributed by atoms with E-state index in [4.69, 9.17) is 22.1 Å². The van der Waals surface area contributed by atoms with Crippen LogP contribution in [0.4, 0.5) is 0 Å². The predicted molar refractivity (Wildman–Crippen MR) is 87.0 cm³/mol. The first-order valence-electron chi connectivity index (χ1n) is 7.12. The molecule has 0 aromatic heterocycles. The van der Waals surface area contributed by atoms with Crippen LogP contribution in [0.1, 0.15) is 23.2 Å². The first kappa shape index (κ1) is 18.2. The van der Waals surface area contributed by atoms with Gasteiger partial charge in [0.1, 0.15) is 0 Å². The molecule has 0 radical (unpaired) electrons. The molecular formula is C14H20ClN3O4S. The number of amides is 1. The lowest BCUT2D eigenvalue weighted by Gasteiger charge is -2.28. The van der Waals surface area contributed by atoms with Crippen molar-refractivity contribution in [2.24, 2.45) is 5.73 Å². The van der Waals surface area contributed by atoms with Crippen molar-refractivity contribution in [3.05, 3.63) is 28.8 Å². The van der Waals surface area contributed by atoms with Gasteiger partial charge in [-0.1, -0.05) is 11.6 Å². The van der Waals surface area contributed by atoms with Gasteiger partial charge in [0.2, 0.25) is 15.9 Å². The number of carbonyl (C=O) groups is 1. The number of carbonyl (C=O) groups excluding carboxylic acids is 1. The molecule has 0 saturated carbocycles. The molecule has 1 fully saturated rings. The second kappa shape index (κ2) is 7.14. The fourth-order valence-corrected chi connectivity index (χ4v) is 4.14. The Balaban J connectivity index is 2.20. The van der Waals surface area contributed by atoms with Crippen LogP contribution in [0.3, 0.4) is 0 Å². The second-order valence-electron chi connectivity index (χ2n) is 5.61. The van der Waals surface area contributed by atoms with E-state index in [1.807, 2.05) is 0 Å². The Morgan fingerprint density at radius 3 is 2.78 bits per heavy atom. The topological polar surface area (TPSA) is 111 Å². The molecule has 2 rings (SSSR count). The Morgan fingerprint density at radius 2 is 2.22 bits per heavy atom. The summed E-state index contributed by atoms with van der Waals surface area (Å²) in [5.41, 5.74) is 4.81. The lowest BCUT2D eigenvalue weighted by atomic mass is 9.99. The van der Waals surface area contributed by atoms with E-state index in [0.29, 0.717) is 6.61 Å². The number of primary amides is 1. The van der Waals surface area contributed by atoms with Crippen molar-refractivity contribution in [1.29, 1.82) is 0 Å². The van der Waals surface area contributed by atoms with Crippen LogP contribution in [-0.4, -0.2) is 46.7 Å². The van der Waals surface area contributed by atoms with Crippen molar-refractivity contribution in [2.75, 3.05) is 26.8 Å². The van der Waals surface area contributed by atoms with Crippen LogP contribution in [0.25, 0.3) is 0 Å². The minimum absolute atomic E-state index is 0.0449. The first-order chi connectivity index (χ1) is 10.8. The van der Waals surface area contributed by atoms with E-state index in [0.717, 1.165) is 19.4 Å². The summed E-state index contributed by atoms with van der Waals surface area (Å²) < 4.78 is 32.7. The van der Waals surface area contributed by atoms with Crippen LogP contribution in [0.2, 0.25) is 5.02 Å². The first-order valence-corrected chi connectivity index (χ1v) is 8.98. The summed E-state index contributed by atoms with van der Waals surface area (Å²) in [5.74, 6) is -0.739. The van der Waals surface area contributed by atoms with Crippen LogP contribution < -0.4 is 15.8 Å². The predicted octanol–water partition coefficient (Wildman–Crippen LogP) is 0.486. The molecule has 1 saturated heterocycles. The Bertz CT molecular complexity index is 687. The van der Waals surface area contributed by atoms with E-state index < -0.39 is 21.5 Å². The largest absolute Gasteiger partial charge is 0.383 e. The van der Waals surface area contributed by atoms with Crippen molar-refractivity contribution >= 4 is 27.5 Å². The molecule has 1 unspecified atom stereocenters. The number of sulfonamides is 1. The van der Waals surface area contributed by atoms with E-state index >= 15 is 0 Å². The number of hydrogen-bond donors (Lipinski definition) is 3. The molecule has 7 nitrogen and oxygen atoms in total. The van der Waals surface area contributed by atoms with Crippen LogP contribution >= 0.6 is 11.6 Å². The molecular weight excluding hydrogens is 342 g/mol. The zero-order valence-corrected chi connectivity index (χ0v) is 14.3. The Hall–Kier alpha value is -1.19. The number of nitrogens with two attached hydrogens (primary N) is 1.